The number of aryl methyl sites for hydroxylation is 2. The molecule has 0 saturated carbocycles. The molecule has 25 heavy (non-hydrogen) atoms. The highest BCUT2D eigenvalue weighted by Crippen LogP contribution is 2.19. The minimum atomic E-state index is -0.241. The number of halogens is 1. The van der Waals surface area contributed by atoms with E-state index in [4.69, 9.17) is 4.52 Å². The summed E-state index contributed by atoms with van der Waals surface area (Å²) in [5, 5.41) is 5.28. The van der Waals surface area contributed by atoms with Gasteiger partial charge in [-0.3, -0.25) is 0 Å². The predicted molar refractivity (Wildman–Crippen MR) is 93.8 cm³/mol. The highest BCUT2D eigenvalue weighted by atomic mass is 19.1. The zero-order valence-corrected chi connectivity index (χ0v) is 13.7. The Morgan fingerprint density at radius 2 is 1.84 bits per heavy atom. The van der Waals surface area contributed by atoms with Gasteiger partial charge in [-0.15, -0.1) is 0 Å². The lowest BCUT2D eigenvalue weighted by Crippen LogP contribution is -1.93. The molecule has 126 valence electrons. The maximum atomic E-state index is 12.9. The molecule has 0 amide bonds. The van der Waals surface area contributed by atoms with Crippen LogP contribution in [0.2, 0.25) is 0 Å². The summed E-state index contributed by atoms with van der Waals surface area (Å²) in [4.78, 5) is 7.72. The van der Waals surface area contributed by atoms with Crippen molar-refractivity contribution in [2.45, 2.75) is 25.7 Å². The van der Waals surface area contributed by atoms with Crippen LogP contribution >= 0.6 is 0 Å². The first-order valence-electron chi connectivity index (χ1n) is 8.39. The number of fused-ring (bicyclic) bond motifs is 1. The van der Waals surface area contributed by atoms with Crippen molar-refractivity contribution in [1.82, 2.24) is 15.1 Å². The summed E-state index contributed by atoms with van der Waals surface area (Å²) in [5.41, 5.74) is 3.44. The monoisotopic (exact) mass is 335 g/mol. The first-order valence-corrected chi connectivity index (χ1v) is 8.39. The highest BCUT2D eigenvalue weighted by Gasteiger charge is 2.08. The third-order valence-electron chi connectivity index (χ3n) is 4.30. The van der Waals surface area contributed by atoms with Crippen molar-refractivity contribution in [2.75, 3.05) is 0 Å². The van der Waals surface area contributed by atoms with Gasteiger partial charge < -0.3 is 9.51 Å². The van der Waals surface area contributed by atoms with Gasteiger partial charge in [0.15, 0.2) is 5.82 Å². The van der Waals surface area contributed by atoms with Gasteiger partial charge in [-0.25, -0.2) is 4.39 Å². The Balaban J connectivity index is 1.34. The number of aromatic amines is 1. The van der Waals surface area contributed by atoms with Crippen LogP contribution in [0.1, 0.15) is 29.3 Å². The number of hydrogen-bond donors (Lipinski definition) is 1. The lowest BCUT2D eigenvalue weighted by atomic mass is 10.1. The van der Waals surface area contributed by atoms with E-state index in [1.54, 1.807) is 12.1 Å². The van der Waals surface area contributed by atoms with Crippen molar-refractivity contribution < 1.29 is 8.91 Å². The SMILES string of the molecule is Fc1ccc(Cc2noc(CCCc3c[nH]c4ccccc34)n2)cc1. The molecular weight excluding hydrogens is 317 g/mol. The molecule has 0 bridgehead atoms. The molecule has 2 heterocycles. The Bertz CT molecular complexity index is 972. The fourth-order valence-electron chi connectivity index (χ4n) is 3.02. The van der Waals surface area contributed by atoms with E-state index in [9.17, 15) is 4.39 Å². The van der Waals surface area contributed by atoms with Gasteiger partial charge in [-0.2, -0.15) is 4.98 Å². The molecule has 4 rings (SSSR count). The van der Waals surface area contributed by atoms with E-state index in [-0.39, 0.29) is 5.82 Å². The summed E-state index contributed by atoms with van der Waals surface area (Å²) >= 11 is 0. The molecule has 0 atom stereocenters. The molecule has 0 saturated heterocycles. The number of hydrogen-bond acceptors (Lipinski definition) is 3. The fraction of sp³-hybridized carbons (Fsp3) is 0.200. The molecular formula is C20H18FN3O. The summed E-state index contributed by atoms with van der Waals surface area (Å²) in [6.07, 6.45) is 5.26. The quantitative estimate of drug-likeness (QED) is 0.566. The Labute approximate surface area is 144 Å². The minimum Gasteiger partial charge on any atom is -0.361 e. The predicted octanol–water partition coefficient (Wildman–Crippen LogP) is 4.46. The van der Waals surface area contributed by atoms with Crippen LogP contribution in [0.5, 0.6) is 0 Å². The smallest absolute Gasteiger partial charge is 0.226 e. The Morgan fingerprint density at radius 1 is 1.00 bits per heavy atom. The zero-order valence-electron chi connectivity index (χ0n) is 13.7. The molecule has 0 aliphatic rings. The van der Waals surface area contributed by atoms with Gasteiger partial charge in [-0.05, 0) is 42.2 Å². The van der Waals surface area contributed by atoms with Crippen LogP contribution in [0.3, 0.4) is 0 Å². The van der Waals surface area contributed by atoms with E-state index in [1.807, 2.05) is 6.07 Å². The first-order chi connectivity index (χ1) is 12.3. The molecule has 0 radical (unpaired) electrons. The average Bonchev–Trinajstić information content (AvgIpc) is 3.24. The summed E-state index contributed by atoms with van der Waals surface area (Å²) < 4.78 is 18.3. The van der Waals surface area contributed by atoms with Crippen LogP contribution in [0.15, 0.2) is 59.3 Å². The van der Waals surface area contributed by atoms with Gasteiger partial charge in [0.2, 0.25) is 5.89 Å². The Morgan fingerprint density at radius 3 is 2.72 bits per heavy atom. The van der Waals surface area contributed by atoms with Crippen molar-refractivity contribution >= 4 is 10.9 Å². The molecule has 0 fully saturated rings. The van der Waals surface area contributed by atoms with Crippen LogP contribution in [-0.4, -0.2) is 15.1 Å². The number of H-pyrrole nitrogens is 1. The number of benzene rings is 2. The van der Waals surface area contributed by atoms with E-state index < -0.39 is 0 Å². The van der Waals surface area contributed by atoms with Gasteiger partial charge in [0.05, 0.1) is 0 Å². The summed E-state index contributed by atoms with van der Waals surface area (Å²) in [7, 11) is 0. The molecule has 0 unspecified atom stereocenters. The normalized spacial score (nSPS) is 11.2. The molecule has 1 N–H and O–H groups in total. The summed E-state index contributed by atoms with van der Waals surface area (Å²) in [6, 6.07) is 14.7. The van der Waals surface area contributed by atoms with Crippen molar-refractivity contribution in [3.8, 4) is 0 Å². The first kappa shape index (κ1) is 15.6. The largest absolute Gasteiger partial charge is 0.361 e. The van der Waals surface area contributed by atoms with Gasteiger partial charge in [-0.1, -0.05) is 35.5 Å². The Kier molecular flexibility index (Phi) is 4.29. The van der Waals surface area contributed by atoms with Crippen LogP contribution in [0.4, 0.5) is 4.39 Å². The molecule has 4 nitrogen and oxygen atoms in total. The molecule has 2 aromatic heterocycles. The van der Waals surface area contributed by atoms with Crippen molar-refractivity contribution in [3.63, 3.8) is 0 Å². The second-order valence-electron chi connectivity index (χ2n) is 6.12. The maximum absolute atomic E-state index is 12.9. The summed E-state index contributed by atoms with van der Waals surface area (Å²) in [5.74, 6) is 1.04. The van der Waals surface area contributed by atoms with Crippen LogP contribution in [-0.2, 0) is 19.3 Å². The highest BCUT2D eigenvalue weighted by molar-refractivity contribution is 5.82. The zero-order chi connectivity index (χ0) is 17.1. The van der Waals surface area contributed by atoms with E-state index >= 15 is 0 Å². The van der Waals surface area contributed by atoms with Gasteiger partial charge in [0.25, 0.3) is 0 Å². The number of aromatic nitrogens is 3. The second-order valence-corrected chi connectivity index (χ2v) is 6.12. The van der Waals surface area contributed by atoms with Crippen LogP contribution < -0.4 is 0 Å². The number of nitrogens with one attached hydrogen (secondary N) is 1. The lowest BCUT2D eigenvalue weighted by Gasteiger charge is -1.97. The van der Waals surface area contributed by atoms with Gasteiger partial charge in [0, 0.05) is 29.9 Å². The number of rotatable bonds is 6. The van der Waals surface area contributed by atoms with Gasteiger partial charge >= 0.3 is 0 Å². The molecule has 0 aliphatic carbocycles. The van der Waals surface area contributed by atoms with Crippen LogP contribution in [0, 0.1) is 5.82 Å². The minimum absolute atomic E-state index is 0.241. The molecule has 2 aromatic carbocycles. The Hall–Kier alpha value is -2.95. The second kappa shape index (κ2) is 6.89. The topological polar surface area (TPSA) is 54.7 Å². The average molecular weight is 335 g/mol. The third-order valence-corrected chi connectivity index (χ3v) is 4.30. The van der Waals surface area contributed by atoms with Crippen molar-refractivity contribution in [1.29, 1.82) is 0 Å². The van der Waals surface area contributed by atoms with E-state index in [2.05, 4.69) is 39.5 Å². The standard InChI is InChI=1S/C20H18FN3O/c21-16-10-8-14(9-11-16)12-19-23-20(25-24-19)7-3-4-15-13-22-18-6-2-1-5-17(15)18/h1-2,5-6,8-11,13,22H,3-4,7,12H2. The van der Waals surface area contributed by atoms with Crippen molar-refractivity contribution in [2.24, 2.45) is 0 Å². The molecule has 5 heteroatoms. The molecule has 0 spiro atoms. The number of para-hydroxylation sites is 1. The summed E-state index contributed by atoms with van der Waals surface area (Å²) in [6.45, 7) is 0. The van der Waals surface area contributed by atoms with E-state index in [0.29, 0.717) is 18.1 Å². The van der Waals surface area contributed by atoms with E-state index in [1.165, 1.54) is 23.1 Å². The van der Waals surface area contributed by atoms with Gasteiger partial charge in [0.1, 0.15) is 5.82 Å². The lowest BCUT2D eigenvalue weighted by molar-refractivity contribution is 0.371. The molecule has 0 aliphatic heterocycles. The maximum Gasteiger partial charge on any atom is 0.226 e. The van der Waals surface area contributed by atoms with E-state index in [0.717, 1.165) is 30.3 Å². The van der Waals surface area contributed by atoms with Crippen LogP contribution in [0.25, 0.3) is 10.9 Å². The van der Waals surface area contributed by atoms with Crippen molar-refractivity contribution in [3.05, 3.63) is 83.4 Å². The fourth-order valence-corrected chi connectivity index (χ4v) is 3.02. The molecule has 4 aromatic rings. The number of nitrogens with zero attached hydrogens (tertiary/aromatic N) is 2. The third kappa shape index (κ3) is 3.60.